The van der Waals surface area contributed by atoms with Crippen LogP contribution >= 0.6 is 0 Å². The van der Waals surface area contributed by atoms with Crippen LogP contribution in [-0.2, 0) is 26.5 Å². The van der Waals surface area contributed by atoms with Crippen LogP contribution in [0.4, 0.5) is 5.69 Å². The first-order valence-electron chi connectivity index (χ1n) is 10.2. The number of hydrogen-bond donors (Lipinski definition) is 1. The van der Waals surface area contributed by atoms with Crippen LogP contribution in [0, 0.1) is 6.92 Å². The van der Waals surface area contributed by atoms with E-state index in [1.54, 1.807) is 0 Å². The zero-order valence-corrected chi connectivity index (χ0v) is 17.7. The lowest BCUT2D eigenvalue weighted by molar-refractivity contribution is 0.0289. The van der Waals surface area contributed by atoms with Crippen molar-refractivity contribution in [3.05, 3.63) is 59.2 Å². The molecule has 2 aromatic carbocycles. The fraction of sp³-hybridized carbons (Fsp3) is 0.455. The van der Waals surface area contributed by atoms with Crippen molar-refractivity contribution in [1.29, 1.82) is 0 Å². The number of piperazine rings is 1. The molecule has 156 valence electrons. The fourth-order valence-electron chi connectivity index (χ4n) is 4.23. The largest absolute Gasteiger partial charge is 0.373 e. The van der Waals surface area contributed by atoms with Gasteiger partial charge in [0.05, 0.1) is 17.6 Å². The summed E-state index contributed by atoms with van der Waals surface area (Å²) < 4.78 is 22.1. The van der Waals surface area contributed by atoms with Gasteiger partial charge in [-0.1, -0.05) is 23.8 Å². The molecule has 0 bridgehead atoms. The standard InChI is InChI=1S/C22H29N3O3S/c1-17-2-3-18-9-15-27-22(21(18)16-17)8-10-24-11-13-25(14-12-24)19-4-6-20(7-5-19)29(26)28-23/h2-7,16,22H,8-15,23H2,1H3. The minimum absolute atomic E-state index is 0.217. The molecule has 1 saturated heterocycles. The molecular weight excluding hydrogens is 386 g/mol. The molecule has 1 fully saturated rings. The van der Waals surface area contributed by atoms with Gasteiger partial charge >= 0.3 is 0 Å². The van der Waals surface area contributed by atoms with Gasteiger partial charge in [-0.2, -0.15) is 10.2 Å². The highest BCUT2D eigenvalue weighted by atomic mass is 32.2. The van der Waals surface area contributed by atoms with Crippen LogP contribution < -0.4 is 10.8 Å². The van der Waals surface area contributed by atoms with E-state index in [4.69, 9.17) is 10.6 Å². The Morgan fingerprint density at radius 3 is 2.62 bits per heavy atom. The summed E-state index contributed by atoms with van der Waals surface area (Å²) in [7, 11) is 0. The van der Waals surface area contributed by atoms with Crippen LogP contribution in [0.25, 0.3) is 0 Å². The molecule has 4 rings (SSSR count). The third-order valence-electron chi connectivity index (χ3n) is 5.90. The number of rotatable bonds is 6. The van der Waals surface area contributed by atoms with Gasteiger partial charge in [0, 0.05) is 38.4 Å². The van der Waals surface area contributed by atoms with E-state index in [-0.39, 0.29) is 6.10 Å². The zero-order valence-electron chi connectivity index (χ0n) is 16.9. The second-order valence-electron chi connectivity index (χ2n) is 7.75. The zero-order chi connectivity index (χ0) is 20.2. The molecule has 0 spiro atoms. The van der Waals surface area contributed by atoms with Crippen molar-refractivity contribution in [1.82, 2.24) is 4.90 Å². The van der Waals surface area contributed by atoms with E-state index in [0.29, 0.717) is 4.90 Å². The second-order valence-corrected chi connectivity index (χ2v) is 8.89. The minimum atomic E-state index is -1.59. The summed E-state index contributed by atoms with van der Waals surface area (Å²) in [5.41, 5.74) is 5.28. The topological polar surface area (TPSA) is 68.0 Å². The molecule has 2 aromatic rings. The number of benzene rings is 2. The lowest BCUT2D eigenvalue weighted by Crippen LogP contribution is -2.46. The molecule has 0 aliphatic carbocycles. The number of nitrogens with zero attached hydrogens (tertiary/aromatic N) is 2. The molecule has 2 atom stereocenters. The Bertz CT molecular complexity index is 851. The lowest BCUT2D eigenvalue weighted by atomic mass is 9.94. The number of ether oxygens (including phenoxy) is 1. The van der Waals surface area contributed by atoms with Gasteiger partial charge in [-0.3, -0.25) is 4.90 Å². The quantitative estimate of drug-likeness (QED) is 0.732. The van der Waals surface area contributed by atoms with Gasteiger partial charge < -0.3 is 9.64 Å². The summed E-state index contributed by atoms with van der Waals surface area (Å²) in [5.74, 6) is 4.99. The first-order valence-corrected chi connectivity index (χ1v) is 11.3. The van der Waals surface area contributed by atoms with Crippen molar-refractivity contribution in [3.8, 4) is 0 Å². The highest BCUT2D eigenvalue weighted by Gasteiger charge is 2.23. The third kappa shape index (κ3) is 4.87. The summed E-state index contributed by atoms with van der Waals surface area (Å²) >= 11 is -1.59. The van der Waals surface area contributed by atoms with Crippen LogP contribution in [0.3, 0.4) is 0 Å². The van der Waals surface area contributed by atoms with Crippen molar-refractivity contribution in [2.75, 3.05) is 44.2 Å². The van der Waals surface area contributed by atoms with Gasteiger partial charge in [-0.25, -0.2) is 4.21 Å². The number of aryl methyl sites for hydroxylation is 1. The highest BCUT2D eigenvalue weighted by molar-refractivity contribution is 7.80. The number of nitrogens with two attached hydrogens (primary N) is 1. The summed E-state index contributed by atoms with van der Waals surface area (Å²) in [6, 6.07) is 14.3. The average molecular weight is 416 g/mol. The van der Waals surface area contributed by atoms with Gasteiger partial charge in [0.15, 0.2) is 0 Å². The molecule has 2 N–H and O–H groups in total. The summed E-state index contributed by atoms with van der Waals surface area (Å²) in [5, 5.41) is 0. The first kappa shape index (κ1) is 20.5. The fourth-order valence-corrected chi connectivity index (χ4v) is 4.70. The smallest absolute Gasteiger partial charge is 0.206 e. The summed E-state index contributed by atoms with van der Waals surface area (Å²) in [4.78, 5) is 5.47. The van der Waals surface area contributed by atoms with Gasteiger partial charge in [-0.05, 0) is 55.2 Å². The van der Waals surface area contributed by atoms with Gasteiger partial charge in [0.1, 0.15) is 0 Å². The Balaban J connectivity index is 1.29. The monoisotopic (exact) mass is 415 g/mol. The van der Waals surface area contributed by atoms with Crippen molar-refractivity contribution in [3.63, 3.8) is 0 Å². The summed E-state index contributed by atoms with van der Waals surface area (Å²) in [6.07, 6.45) is 2.28. The lowest BCUT2D eigenvalue weighted by Gasteiger charge is -2.37. The van der Waals surface area contributed by atoms with Crippen LogP contribution in [-0.4, -0.2) is 48.4 Å². The van der Waals surface area contributed by atoms with Crippen LogP contribution in [0.5, 0.6) is 0 Å². The Hall–Kier alpha value is -1.77. The van der Waals surface area contributed by atoms with E-state index in [0.717, 1.165) is 57.9 Å². The van der Waals surface area contributed by atoms with Crippen molar-refractivity contribution < 1.29 is 13.2 Å². The molecule has 0 radical (unpaired) electrons. The molecule has 0 saturated carbocycles. The summed E-state index contributed by atoms with van der Waals surface area (Å²) in [6.45, 7) is 8.06. The Morgan fingerprint density at radius 1 is 1.14 bits per heavy atom. The van der Waals surface area contributed by atoms with E-state index in [1.165, 1.54) is 16.7 Å². The first-order chi connectivity index (χ1) is 14.1. The Morgan fingerprint density at radius 2 is 1.90 bits per heavy atom. The van der Waals surface area contributed by atoms with Crippen molar-refractivity contribution in [2.45, 2.75) is 30.8 Å². The molecule has 2 aliphatic rings. The van der Waals surface area contributed by atoms with E-state index < -0.39 is 11.1 Å². The van der Waals surface area contributed by atoms with E-state index in [1.807, 2.05) is 24.3 Å². The Labute approximate surface area is 175 Å². The molecule has 0 aromatic heterocycles. The number of anilines is 1. The van der Waals surface area contributed by atoms with Crippen LogP contribution in [0.2, 0.25) is 0 Å². The molecule has 2 unspecified atom stereocenters. The number of fused-ring (bicyclic) bond motifs is 1. The van der Waals surface area contributed by atoms with E-state index in [2.05, 4.69) is 39.2 Å². The highest BCUT2D eigenvalue weighted by Crippen LogP contribution is 2.31. The number of hydrogen-bond acceptors (Lipinski definition) is 6. The molecule has 7 heteroatoms. The maximum Gasteiger partial charge on any atom is 0.206 e. The van der Waals surface area contributed by atoms with Crippen molar-refractivity contribution >= 4 is 16.8 Å². The molecule has 29 heavy (non-hydrogen) atoms. The Kier molecular flexibility index (Phi) is 6.62. The van der Waals surface area contributed by atoms with Crippen LogP contribution in [0.15, 0.2) is 47.4 Å². The molecule has 0 amide bonds. The van der Waals surface area contributed by atoms with Gasteiger partial charge in [-0.15, -0.1) is 0 Å². The SMILES string of the molecule is Cc1ccc2c(c1)C(CCN1CCN(c3ccc(S(=O)ON)cc3)CC1)OCC2. The third-order valence-corrected chi connectivity index (χ3v) is 6.73. The average Bonchev–Trinajstić information content (AvgIpc) is 2.77. The molecular formula is C22H29N3O3S. The second kappa shape index (κ2) is 9.36. The predicted molar refractivity (Wildman–Crippen MR) is 115 cm³/mol. The normalized spacial score (nSPS) is 21.0. The van der Waals surface area contributed by atoms with Gasteiger partial charge in [0.2, 0.25) is 11.1 Å². The molecule has 2 heterocycles. The van der Waals surface area contributed by atoms with Crippen molar-refractivity contribution in [2.24, 2.45) is 5.90 Å². The minimum Gasteiger partial charge on any atom is -0.373 e. The van der Waals surface area contributed by atoms with Crippen LogP contribution in [0.1, 0.15) is 29.2 Å². The van der Waals surface area contributed by atoms with E-state index in [9.17, 15) is 4.21 Å². The van der Waals surface area contributed by atoms with Gasteiger partial charge in [0.25, 0.3) is 0 Å². The molecule has 6 nitrogen and oxygen atoms in total. The molecule has 2 aliphatic heterocycles. The van der Waals surface area contributed by atoms with E-state index >= 15 is 0 Å². The maximum atomic E-state index is 11.6. The predicted octanol–water partition coefficient (Wildman–Crippen LogP) is 2.73. The maximum absolute atomic E-state index is 11.6.